The highest BCUT2D eigenvalue weighted by molar-refractivity contribution is 7.92. The molecule has 2 rings (SSSR count). The lowest BCUT2D eigenvalue weighted by molar-refractivity contribution is 0.557. The van der Waals surface area contributed by atoms with Crippen LogP contribution in [0.4, 0.5) is 10.1 Å². The van der Waals surface area contributed by atoms with E-state index in [4.69, 9.17) is 5.73 Å². The zero-order valence-electron chi connectivity index (χ0n) is 8.77. The number of nitrogens with two attached hydrogens (primary N) is 1. The van der Waals surface area contributed by atoms with Crippen LogP contribution in [-0.2, 0) is 9.84 Å². The molecule has 1 aromatic rings. The predicted molar refractivity (Wildman–Crippen MR) is 59.5 cm³/mol. The number of hydrogen-bond donors (Lipinski definition) is 2. The fourth-order valence-corrected chi connectivity index (χ4v) is 3.85. The van der Waals surface area contributed by atoms with Gasteiger partial charge in [-0.1, -0.05) is 0 Å². The van der Waals surface area contributed by atoms with E-state index in [1.54, 1.807) is 6.92 Å². The molecule has 2 unspecified atom stereocenters. The molecule has 88 valence electrons. The first kappa shape index (κ1) is 11.3. The van der Waals surface area contributed by atoms with Gasteiger partial charge in [0.25, 0.3) is 0 Å². The summed E-state index contributed by atoms with van der Waals surface area (Å²) >= 11 is 0. The molecular formula is C10H13FN2O2S. The molecule has 0 bridgehead atoms. The topological polar surface area (TPSA) is 72.2 Å². The minimum atomic E-state index is -3.53. The number of fused-ring (bicyclic) bond motifs is 1. The van der Waals surface area contributed by atoms with E-state index in [2.05, 4.69) is 5.32 Å². The SMILES string of the molecule is CC1Nc2ccc(F)cc2S(=O)(=O)C1CN. The van der Waals surface area contributed by atoms with Crippen LogP contribution in [0.25, 0.3) is 0 Å². The van der Waals surface area contributed by atoms with Crippen molar-refractivity contribution in [3.05, 3.63) is 24.0 Å². The molecular weight excluding hydrogens is 231 g/mol. The van der Waals surface area contributed by atoms with Crippen LogP contribution >= 0.6 is 0 Å². The van der Waals surface area contributed by atoms with Crippen molar-refractivity contribution in [2.24, 2.45) is 5.73 Å². The maximum absolute atomic E-state index is 13.0. The first-order valence-electron chi connectivity index (χ1n) is 4.97. The highest BCUT2D eigenvalue weighted by atomic mass is 32.2. The molecule has 0 radical (unpaired) electrons. The van der Waals surface area contributed by atoms with E-state index < -0.39 is 20.9 Å². The van der Waals surface area contributed by atoms with E-state index >= 15 is 0 Å². The average Bonchev–Trinajstić information content (AvgIpc) is 2.19. The summed E-state index contributed by atoms with van der Waals surface area (Å²) in [6.07, 6.45) is 0. The normalized spacial score (nSPS) is 26.9. The Bertz CT molecular complexity index is 516. The van der Waals surface area contributed by atoms with Crippen LogP contribution < -0.4 is 11.1 Å². The maximum Gasteiger partial charge on any atom is 0.186 e. The summed E-state index contributed by atoms with van der Waals surface area (Å²) in [6, 6.07) is 3.43. The molecule has 6 heteroatoms. The standard InChI is InChI=1S/C10H13FN2O2S/c1-6-10(5-12)16(14,15)9-4-7(11)2-3-8(9)13-6/h2-4,6,10,13H,5,12H2,1H3. The Morgan fingerprint density at radius 2 is 2.19 bits per heavy atom. The zero-order valence-corrected chi connectivity index (χ0v) is 9.59. The molecule has 1 heterocycles. The van der Waals surface area contributed by atoms with Crippen LogP contribution in [0.3, 0.4) is 0 Å². The van der Waals surface area contributed by atoms with Crippen molar-refractivity contribution in [3.63, 3.8) is 0 Å². The predicted octanol–water partition coefficient (Wildman–Crippen LogP) is 0.741. The summed E-state index contributed by atoms with van der Waals surface area (Å²) in [5, 5.41) is 2.31. The Kier molecular flexibility index (Phi) is 2.63. The second-order valence-corrected chi connectivity index (χ2v) is 6.03. The summed E-state index contributed by atoms with van der Waals surface area (Å²) in [5.74, 6) is -0.561. The number of anilines is 1. The quantitative estimate of drug-likeness (QED) is 0.764. The molecule has 0 fully saturated rings. The van der Waals surface area contributed by atoms with Crippen molar-refractivity contribution < 1.29 is 12.8 Å². The van der Waals surface area contributed by atoms with Crippen LogP contribution in [0.2, 0.25) is 0 Å². The average molecular weight is 244 g/mol. The van der Waals surface area contributed by atoms with E-state index in [-0.39, 0.29) is 17.5 Å². The Morgan fingerprint density at radius 1 is 1.50 bits per heavy atom. The minimum Gasteiger partial charge on any atom is -0.380 e. The third-order valence-corrected chi connectivity index (χ3v) is 5.17. The number of rotatable bonds is 1. The molecule has 1 aliphatic heterocycles. The van der Waals surface area contributed by atoms with Crippen molar-refractivity contribution in [3.8, 4) is 0 Å². The van der Waals surface area contributed by atoms with E-state index in [1.807, 2.05) is 0 Å². The molecule has 0 aliphatic carbocycles. The number of halogens is 1. The molecule has 2 atom stereocenters. The number of hydrogen-bond acceptors (Lipinski definition) is 4. The summed E-state index contributed by atoms with van der Waals surface area (Å²) in [7, 11) is -3.53. The highest BCUT2D eigenvalue weighted by Crippen LogP contribution is 2.32. The summed E-state index contributed by atoms with van der Waals surface area (Å²) in [5.41, 5.74) is 5.89. The minimum absolute atomic E-state index is 0.000972. The Balaban J connectivity index is 2.64. The second kappa shape index (κ2) is 3.71. The first-order valence-corrected chi connectivity index (χ1v) is 6.51. The van der Waals surface area contributed by atoms with Gasteiger partial charge in [-0.25, -0.2) is 12.8 Å². The molecule has 1 aliphatic rings. The third-order valence-electron chi connectivity index (χ3n) is 2.82. The van der Waals surface area contributed by atoms with E-state index in [0.717, 1.165) is 6.07 Å². The third kappa shape index (κ3) is 1.58. The van der Waals surface area contributed by atoms with E-state index in [0.29, 0.717) is 5.69 Å². The lowest BCUT2D eigenvalue weighted by Gasteiger charge is -2.31. The number of sulfone groups is 1. The van der Waals surface area contributed by atoms with E-state index in [9.17, 15) is 12.8 Å². The molecule has 3 N–H and O–H groups in total. The Hall–Kier alpha value is -1.14. The fourth-order valence-electron chi connectivity index (χ4n) is 1.95. The molecule has 0 saturated heterocycles. The number of nitrogens with one attached hydrogen (secondary N) is 1. The molecule has 16 heavy (non-hydrogen) atoms. The van der Waals surface area contributed by atoms with Gasteiger partial charge in [-0.05, 0) is 25.1 Å². The van der Waals surface area contributed by atoms with Crippen molar-refractivity contribution >= 4 is 15.5 Å². The van der Waals surface area contributed by atoms with Crippen LogP contribution in [0.5, 0.6) is 0 Å². The van der Waals surface area contributed by atoms with Crippen LogP contribution in [0.15, 0.2) is 23.1 Å². The van der Waals surface area contributed by atoms with Crippen LogP contribution in [0.1, 0.15) is 6.92 Å². The summed E-state index contributed by atoms with van der Waals surface area (Å²) in [6.45, 7) is 1.77. The van der Waals surface area contributed by atoms with Gasteiger partial charge in [0.1, 0.15) is 5.82 Å². The molecule has 0 aromatic heterocycles. The number of benzene rings is 1. The van der Waals surface area contributed by atoms with Gasteiger partial charge >= 0.3 is 0 Å². The molecule has 4 nitrogen and oxygen atoms in total. The lowest BCUT2D eigenvalue weighted by atomic mass is 10.2. The van der Waals surface area contributed by atoms with Gasteiger partial charge in [-0.15, -0.1) is 0 Å². The van der Waals surface area contributed by atoms with E-state index in [1.165, 1.54) is 12.1 Å². The van der Waals surface area contributed by atoms with Crippen LogP contribution in [-0.4, -0.2) is 26.3 Å². The highest BCUT2D eigenvalue weighted by Gasteiger charge is 2.37. The molecule has 0 saturated carbocycles. The van der Waals surface area contributed by atoms with Gasteiger partial charge in [0.2, 0.25) is 0 Å². The zero-order chi connectivity index (χ0) is 11.9. The van der Waals surface area contributed by atoms with Crippen LogP contribution in [0, 0.1) is 5.82 Å². The maximum atomic E-state index is 13.0. The monoisotopic (exact) mass is 244 g/mol. The fraction of sp³-hybridized carbons (Fsp3) is 0.400. The Labute approximate surface area is 93.6 Å². The van der Waals surface area contributed by atoms with Gasteiger partial charge in [0.15, 0.2) is 9.84 Å². The van der Waals surface area contributed by atoms with Gasteiger partial charge in [-0.2, -0.15) is 0 Å². The van der Waals surface area contributed by atoms with Crippen molar-refractivity contribution in [1.82, 2.24) is 0 Å². The largest absolute Gasteiger partial charge is 0.380 e. The molecule has 1 aromatic carbocycles. The van der Waals surface area contributed by atoms with Crippen molar-refractivity contribution in [2.45, 2.75) is 23.1 Å². The van der Waals surface area contributed by atoms with Gasteiger partial charge in [-0.3, -0.25) is 0 Å². The smallest absolute Gasteiger partial charge is 0.186 e. The van der Waals surface area contributed by atoms with Crippen molar-refractivity contribution in [2.75, 3.05) is 11.9 Å². The van der Waals surface area contributed by atoms with Gasteiger partial charge in [0.05, 0.1) is 15.8 Å². The molecule has 0 spiro atoms. The summed E-state index contributed by atoms with van der Waals surface area (Å²) in [4.78, 5) is 0.000972. The lowest BCUT2D eigenvalue weighted by Crippen LogP contribution is -2.46. The van der Waals surface area contributed by atoms with Gasteiger partial charge < -0.3 is 11.1 Å². The van der Waals surface area contributed by atoms with Gasteiger partial charge in [0, 0.05) is 12.6 Å². The van der Waals surface area contributed by atoms with Crippen molar-refractivity contribution in [1.29, 1.82) is 0 Å². The summed E-state index contributed by atoms with van der Waals surface area (Å²) < 4.78 is 37.3. The Morgan fingerprint density at radius 3 is 2.81 bits per heavy atom. The first-order chi connectivity index (χ1) is 7.46. The second-order valence-electron chi connectivity index (χ2n) is 3.89. The molecule has 0 amide bonds.